The van der Waals surface area contributed by atoms with Crippen molar-refractivity contribution in [1.29, 1.82) is 5.26 Å². The van der Waals surface area contributed by atoms with E-state index in [0.717, 1.165) is 6.26 Å². The molecule has 0 aliphatic rings. The van der Waals surface area contributed by atoms with Gasteiger partial charge in [0.25, 0.3) is 6.26 Å². The lowest BCUT2D eigenvalue weighted by Crippen LogP contribution is -1.66. The Balaban J connectivity index is 0. The van der Waals surface area contributed by atoms with Crippen molar-refractivity contribution in [3.63, 3.8) is 0 Å². The average molecular weight is 123 g/mol. The number of halogens is 1. The Labute approximate surface area is 44.6 Å². The third-order valence-electron chi connectivity index (χ3n) is 0. The van der Waals surface area contributed by atoms with Gasteiger partial charge >= 0.3 is 5.43 Å². The Morgan fingerprint density at radius 2 is 1.86 bits per heavy atom. The molecule has 0 spiro atoms. The second-order valence-corrected chi connectivity index (χ2v) is 0.676. The second-order valence-electron chi connectivity index (χ2n) is 0.353. The smallest absolute Gasteiger partial charge is 0.401 e. The summed E-state index contributed by atoms with van der Waals surface area (Å²) in [6.07, 6.45) is 0.750. The normalized spacial score (nSPS) is 4.57. The molecule has 0 radical (unpaired) electrons. The van der Waals surface area contributed by atoms with Crippen molar-refractivity contribution in [3.05, 3.63) is 0 Å². The average Bonchev–Trinajstić information content (AvgIpc) is 1.33. The van der Waals surface area contributed by atoms with Gasteiger partial charge in [0.2, 0.25) is 0 Å². The van der Waals surface area contributed by atoms with Crippen molar-refractivity contribution in [2.75, 3.05) is 0 Å². The molecule has 0 amide bonds. The number of hydrogen-bond donors (Lipinski definition) is 2. The van der Waals surface area contributed by atoms with Gasteiger partial charge in [0.05, 0.1) is 0 Å². The largest absolute Gasteiger partial charge is 0.469 e. The van der Waals surface area contributed by atoms with Gasteiger partial charge in [-0.05, 0) is 0 Å². The van der Waals surface area contributed by atoms with Crippen LogP contribution in [0.1, 0.15) is 0 Å². The van der Waals surface area contributed by atoms with E-state index in [1.54, 1.807) is 0 Å². The van der Waals surface area contributed by atoms with Crippen LogP contribution in [-0.4, -0.2) is 15.6 Å². The van der Waals surface area contributed by atoms with Gasteiger partial charge in [0.15, 0.2) is 0 Å². The van der Waals surface area contributed by atoms with Gasteiger partial charge < -0.3 is 10.2 Å². The summed E-state index contributed by atoms with van der Waals surface area (Å²) in [6.45, 7) is 0. The molecule has 40 valence electrons. The lowest BCUT2D eigenvalue weighted by Gasteiger charge is -1.55. The maximum atomic E-state index is 8.77. The molecule has 4 nitrogen and oxygen atoms in total. The van der Waals surface area contributed by atoms with E-state index in [9.17, 15) is 0 Å². The van der Waals surface area contributed by atoms with Crippen LogP contribution in [0.15, 0.2) is 0 Å². The lowest BCUT2D eigenvalue weighted by atomic mass is 11.6. The Bertz CT molecular complexity index is 81.4. The Kier molecular flexibility index (Phi) is 12.0. The first-order valence-electron chi connectivity index (χ1n) is 1.06. The highest BCUT2D eigenvalue weighted by Crippen LogP contribution is 1.67. The highest BCUT2D eigenvalue weighted by atomic mass is 35.5. The molecular formula is C2H2ClNO3. The van der Waals surface area contributed by atoms with E-state index in [-0.39, 0.29) is 0 Å². The van der Waals surface area contributed by atoms with E-state index >= 15 is 0 Å². The van der Waals surface area contributed by atoms with Crippen molar-refractivity contribution in [2.24, 2.45) is 0 Å². The molecular weight excluding hydrogens is 121 g/mol. The third kappa shape index (κ3) is 52.1. The topological polar surface area (TPSA) is 81.3 Å². The number of aliphatic hydroxyl groups excluding tert-OH is 1. The standard InChI is InChI=1S/CHClO2.CHNO/c2-1(3)4;2-1-3/h(H,3,4);3H. The summed E-state index contributed by atoms with van der Waals surface area (Å²) >= 11 is 4.19. The summed E-state index contributed by atoms with van der Waals surface area (Å²) in [6, 6.07) is 0. The molecule has 5 heteroatoms. The van der Waals surface area contributed by atoms with E-state index in [2.05, 4.69) is 11.6 Å². The molecule has 7 heavy (non-hydrogen) atoms. The fourth-order valence-electron chi connectivity index (χ4n) is 0. The van der Waals surface area contributed by atoms with Crippen molar-refractivity contribution >= 4 is 17.0 Å². The number of nitrogens with zero attached hydrogens (tertiary/aromatic N) is 1. The quantitative estimate of drug-likeness (QED) is 0.368. The van der Waals surface area contributed by atoms with Crippen LogP contribution in [0.2, 0.25) is 0 Å². The number of carboxylic acid groups (broad SMARTS) is 1. The number of nitriles is 1. The second kappa shape index (κ2) is 8.90. The van der Waals surface area contributed by atoms with Crippen molar-refractivity contribution < 1.29 is 15.0 Å². The number of rotatable bonds is 0. The van der Waals surface area contributed by atoms with Crippen LogP contribution in [0, 0.1) is 11.5 Å². The Morgan fingerprint density at radius 1 is 1.86 bits per heavy atom. The zero-order valence-electron chi connectivity index (χ0n) is 3.13. The van der Waals surface area contributed by atoms with Crippen molar-refractivity contribution in [2.45, 2.75) is 0 Å². The van der Waals surface area contributed by atoms with Crippen LogP contribution >= 0.6 is 11.6 Å². The molecule has 0 aromatic carbocycles. The van der Waals surface area contributed by atoms with E-state index in [0.29, 0.717) is 0 Å². The van der Waals surface area contributed by atoms with E-state index < -0.39 is 5.43 Å². The van der Waals surface area contributed by atoms with Crippen LogP contribution < -0.4 is 0 Å². The molecule has 0 unspecified atom stereocenters. The fourth-order valence-corrected chi connectivity index (χ4v) is 0. The van der Waals surface area contributed by atoms with Gasteiger partial charge in [-0.3, -0.25) is 0 Å². The van der Waals surface area contributed by atoms with E-state index in [1.165, 1.54) is 0 Å². The van der Waals surface area contributed by atoms with Crippen LogP contribution in [0.4, 0.5) is 4.79 Å². The molecule has 0 rings (SSSR count). The molecule has 0 aliphatic carbocycles. The molecule has 0 saturated carbocycles. The highest BCUT2D eigenvalue weighted by molar-refractivity contribution is 6.60. The molecule has 0 aliphatic heterocycles. The maximum Gasteiger partial charge on any atom is 0.401 e. The molecule has 0 fully saturated rings. The predicted molar refractivity (Wildman–Crippen MR) is 21.4 cm³/mol. The summed E-state index contributed by atoms with van der Waals surface area (Å²) < 4.78 is 0. The molecule has 0 bridgehead atoms. The van der Waals surface area contributed by atoms with Crippen molar-refractivity contribution in [3.8, 4) is 6.26 Å². The minimum Gasteiger partial charge on any atom is -0.469 e. The fraction of sp³-hybridized carbons (Fsp3) is 0. The summed E-state index contributed by atoms with van der Waals surface area (Å²) in [5.41, 5.74) is -1.36. The molecule has 0 aromatic heterocycles. The summed E-state index contributed by atoms with van der Waals surface area (Å²) in [4.78, 5) is 8.77. The van der Waals surface area contributed by atoms with E-state index in [4.69, 9.17) is 20.3 Å². The van der Waals surface area contributed by atoms with Crippen LogP contribution in [0.3, 0.4) is 0 Å². The number of carbonyl (C=O) groups is 1. The molecule has 0 heterocycles. The SMILES string of the molecule is N#CO.O=C(O)Cl. The van der Waals surface area contributed by atoms with Gasteiger partial charge in [0.1, 0.15) is 0 Å². The van der Waals surface area contributed by atoms with Gasteiger partial charge in [-0.15, -0.1) is 0 Å². The zero-order chi connectivity index (χ0) is 6.28. The zero-order valence-corrected chi connectivity index (χ0v) is 3.88. The minimum absolute atomic E-state index is 0.750. The first-order valence-corrected chi connectivity index (χ1v) is 1.44. The van der Waals surface area contributed by atoms with Crippen LogP contribution in [0.5, 0.6) is 0 Å². The summed E-state index contributed by atoms with van der Waals surface area (Å²) in [5.74, 6) is 0. The summed E-state index contributed by atoms with van der Waals surface area (Å²) in [5, 5.41) is 20.9. The third-order valence-corrected chi connectivity index (χ3v) is 0. The van der Waals surface area contributed by atoms with Crippen molar-refractivity contribution in [1.82, 2.24) is 0 Å². The number of aliphatic hydroxyl groups is 1. The number of hydrogen-bond acceptors (Lipinski definition) is 3. The maximum absolute atomic E-state index is 8.77. The minimum atomic E-state index is -1.36. The van der Waals surface area contributed by atoms with E-state index in [1.807, 2.05) is 0 Å². The van der Waals surface area contributed by atoms with Gasteiger partial charge in [-0.1, -0.05) is 0 Å². The van der Waals surface area contributed by atoms with Crippen LogP contribution in [0.25, 0.3) is 0 Å². The monoisotopic (exact) mass is 123 g/mol. The molecule has 0 saturated heterocycles. The van der Waals surface area contributed by atoms with Gasteiger partial charge in [0, 0.05) is 11.6 Å². The molecule has 2 N–H and O–H groups in total. The highest BCUT2D eigenvalue weighted by Gasteiger charge is 1.71. The first kappa shape index (κ1) is 9.41. The van der Waals surface area contributed by atoms with Gasteiger partial charge in [-0.25, -0.2) is 4.79 Å². The predicted octanol–water partition coefficient (Wildman–Crippen LogP) is 0.743. The van der Waals surface area contributed by atoms with Gasteiger partial charge in [-0.2, -0.15) is 5.26 Å². The molecule has 0 atom stereocenters. The summed E-state index contributed by atoms with van der Waals surface area (Å²) in [7, 11) is 0. The Hall–Kier alpha value is -0.950. The molecule has 0 aromatic rings. The Morgan fingerprint density at radius 3 is 1.86 bits per heavy atom. The first-order chi connectivity index (χ1) is 3.15. The lowest BCUT2D eigenvalue weighted by molar-refractivity contribution is 0.220. The van der Waals surface area contributed by atoms with Crippen LogP contribution in [-0.2, 0) is 0 Å².